The second kappa shape index (κ2) is 5.33. The fraction of sp³-hybridized carbons (Fsp3) is 0.0625. The molecule has 0 unspecified atom stereocenters. The van der Waals surface area contributed by atoms with Crippen molar-refractivity contribution in [1.82, 2.24) is 0 Å². The van der Waals surface area contributed by atoms with Gasteiger partial charge in [0.2, 0.25) is 0 Å². The summed E-state index contributed by atoms with van der Waals surface area (Å²) in [5.74, 6) is 0.147. The quantitative estimate of drug-likeness (QED) is 0.553. The SMILES string of the molecule is Cc1c(N=Nc2ccc(O)cc2)c(=O)oc2cc(O)ccc12. The number of azo groups is 1. The second-order valence-corrected chi connectivity index (χ2v) is 4.76. The summed E-state index contributed by atoms with van der Waals surface area (Å²) in [6, 6.07) is 10.7. The number of benzene rings is 2. The molecule has 0 spiro atoms. The van der Waals surface area contributed by atoms with E-state index in [1.165, 1.54) is 24.3 Å². The average molecular weight is 296 g/mol. The first-order valence-corrected chi connectivity index (χ1v) is 6.52. The second-order valence-electron chi connectivity index (χ2n) is 4.76. The zero-order valence-corrected chi connectivity index (χ0v) is 11.6. The largest absolute Gasteiger partial charge is 0.508 e. The maximum atomic E-state index is 12.0. The van der Waals surface area contributed by atoms with E-state index < -0.39 is 5.63 Å². The van der Waals surface area contributed by atoms with Crippen LogP contribution in [0.1, 0.15) is 5.56 Å². The van der Waals surface area contributed by atoms with Crippen LogP contribution in [0.4, 0.5) is 11.4 Å². The lowest BCUT2D eigenvalue weighted by molar-refractivity contribution is 0.473. The third-order valence-electron chi connectivity index (χ3n) is 3.24. The van der Waals surface area contributed by atoms with Crippen LogP contribution in [0.5, 0.6) is 11.5 Å². The van der Waals surface area contributed by atoms with E-state index in [2.05, 4.69) is 10.2 Å². The van der Waals surface area contributed by atoms with Crippen LogP contribution < -0.4 is 5.63 Å². The predicted octanol–water partition coefficient (Wildman–Crippen LogP) is 3.93. The zero-order chi connectivity index (χ0) is 15.7. The van der Waals surface area contributed by atoms with Crippen molar-refractivity contribution < 1.29 is 14.6 Å². The first-order chi connectivity index (χ1) is 10.5. The van der Waals surface area contributed by atoms with E-state index >= 15 is 0 Å². The minimum atomic E-state index is -0.627. The molecule has 0 bridgehead atoms. The molecule has 0 aliphatic heterocycles. The van der Waals surface area contributed by atoms with E-state index in [9.17, 15) is 15.0 Å². The third kappa shape index (κ3) is 2.54. The number of nitrogens with zero attached hydrogens (tertiary/aromatic N) is 2. The van der Waals surface area contributed by atoms with Crippen LogP contribution in [0.25, 0.3) is 11.0 Å². The predicted molar refractivity (Wildman–Crippen MR) is 81.2 cm³/mol. The van der Waals surface area contributed by atoms with E-state index in [1.54, 1.807) is 25.1 Å². The summed E-state index contributed by atoms with van der Waals surface area (Å²) in [4.78, 5) is 12.0. The van der Waals surface area contributed by atoms with Gasteiger partial charge in [0, 0.05) is 11.5 Å². The molecule has 1 aromatic heterocycles. The van der Waals surface area contributed by atoms with E-state index in [4.69, 9.17) is 4.42 Å². The Balaban J connectivity index is 2.09. The van der Waals surface area contributed by atoms with Crippen molar-refractivity contribution in [1.29, 1.82) is 0 Å². The lowest BCUT2D eigenvalue weighted by Crippen LogP contribution is -2.00. The Kier molecular flexibility index (Phi) is 3.34. The Morgan fingerprint density at radius 3 is 2.36 bits per heavy atom. The average Bonchev–Trinajstić information content (AvgIpc) is 2.48. The maximum Gasteiger partial charge on any atom is 0.364 e. The van der Waals surface area contributed by atoms with Gasteiger partial charge in [-0.05, 0) is 48.9 Å². The molecule has 0 fully saturated rings. The number of aromatic hydroxyl groups is 2. The number of phenolic OH excluding ortho intramolecular Hbond substituents is 2. The summed E-state index contributed by atoms with van der Waals surface area (Å²) < 4.78 is 5.15. The molecule has 110 valence electrons. The standard InChI is InChI=1S/C16H12N2O4/c1-9-13-7-6-12(20)8-14(13)22-16(21)15(9)18-17-10-2-4-11(19)5-3-10/h2-8,19-20H,1H3. The van der Waals surface area contributed by atoms with Crippen LogP contribution in [0.15, 0.2) is 61.9 Å². The highest BCUT2D eigenvalue weighted by molar-refractivity contribution is 5.84. The van der Waals surface area contributed by atoms with Gasteiger partial charge in [0.1, 0.15) is 17.1 Å². The molecule has 1 heterocycles. The minimum Gasteiger partial charge on any atom is -0.508 e. The van der Waals surface area contributed by atoms with Crippen LogP contribution in [0.3, 0.4) is 0 Å². The first kappa shape index (κ1) is 13.8. The molecule has 0 saturated carbocycles. The molecule has 0 saturated heterocycles. The van der Waals surface area contributed by atoms with Gasteiger partial charge in [-0.2, -0.15) is 5.11 Å². The number of fused-ring (bicyclic) bond motifs is 1. The molecular weight excluding hydrogens is 284 g/mol. The number of aryl methyl sites for hydroxylation is 1. The van der Waals surface area contributed by atoms with Gasteiger partial charge in [-0.3, -0.25) is 0 Å². The fourth-order valence-electron chi connectivity index (χ4n) is 2.08. The van der Waals surface area contributed by atoms with Crippen molar-refractivity contribution in [3.63, 3.8) is 0 Å². The molecule has 6 nitrogen and oxygen atoms in total. The Hall–Kier alpha value is -3.15. The van der Waals surface area contributed by atoms with Crippen molar-refractivity contribution in [2.75, 3.05) is 0 Å². The third-order valence-corrected chi connectivity index (χ3v) is 3.24. The molecule has 3 rings (SSSR count). The van der Waals surface area contributed by atoms with Crippen LogP contribution in [-0.4, -0.2) is 10.2 Å². The van der Waals surface area contributed by atoms with Gasteiger partial charge in [0.05, 0.1) is 5.69 Å². The molecule has 0 radical (unpaired) electrons. The lowest BCUT2D eigenvalue weighted by atomic mass is 10.1. The highest BCUT2D eigenvalue weighted by Crippen LogP contribution is 2.28. The molecule has 0 aliphatic rings. The fourth-order valence-corrected chi connectivity index (χ4v) is 2.08. The molecule has 2 aromatic carbocycles. The Labute approximate surface area is 125 Å². The van der Waals surface area contributed by atoms with Gasteiger partial charge in [-0.1, -0.05) is 0 Å². The summed E-state index contributed by atoms with van der Waals surface area (Å²) in [5, 5.41) is 27.2. The van der Waals surface area contributed by atoms with E-state index in [0.717, 1.165) is 0 Å². The summed E-state index contributed by atoms with van der Waals surface area (Å²) in [6.45, 7) is 1.74. The van der Waals surface area contributed by atoms with E-state index in [-0.39, 0.29) is 17.2 Å². The number of rotatable bonds is 2. The molecule has 0 amide bonds. The normalized spacial score (nSPS) is 11.3. The number of phenols is 2. The Morgan fingerprint density at radius 1 is 0.955 bits per heavy atom. The van der Waals surface area contributed by atoms with Crippen LogP contribution in [0.2, 0.25) is 0 Å². The summed E-state index contributed by atoms with van der Waals surface area (Å²) in [5.41, 5.74) is 0.895. The minimum absolute atomic E-state index is 0.0218. The summed E-state index contributed by atoms with van der Waals surface area (Å²) in [7, 11) is 0. The smallest absolute Gasteiger partial charge is 0.364 e. The van der Waals surface area contributed by atoms with Crippen molar-refractivity contribution in [2.24, 2.45) is 10.2 Å². The topological polar surface area (TPSA) is 95.4 Å². The van der Waals surface area contributed by atoms with Gasteiger partial charge in [0.25, 0.3) is 0 Å². The lowest BCUT2D eigenvalue weighted by Gasteiger charge is -2.03. The monoisotopic (exact) mass is 296 g/mol. The highest BCUT2D eigenvalue weighted by atomic mass is 16.4. The van der Waals surface area contributed by atoms with Crippen LogP contribution >= 0.6 is 0 Å². The van der Waals surface area contributed by atoms with Gasteiger partial charge < -0.3 is 14.6 Å². The summed E-state index contributed by atoms with van der Waals surface area (Å²) in [6.07, 6.45) is 0. The summed E-state index contributed by atoms with van der Waals surface area (Å²) >= 11 is 0. The molecule has 0 atom stereocenters. The Bertz CT molecular complexity index is 927. The van der Waals surface area contributed by atoms with E-state index in [0.29, 0.717) is 22.2 Å². The first-order valence-electron chi connectivity index (χ1n) is 6.52. The van der Waals surface area contributed by atoms with Crippen molar-refractivity contribution in [3.05, 3.63) is 58.4 Å². The Morgan fingerprint density at radius 2 is 1.64 bits per heavy atom. The molecule has 6 heteroatoms. The van der Waals surface area contributed by atoms with Gasteiger partial charge >= 0.3 is 5.63 Å². The van der Waals surface area contributed by atoms with Gasteiger partial charge in [-0.25, -0.2) is 4.79 Å². The molecular formula is C16H12N2O4. The van der Waals surface area contributed by atoms with Crippen molar-refractivity contribution in [3.8, 4) is 11.5 Å². The molecule has 3 aromatic rings. The van der Waals surface area contributed by atoms with Crippen molar-refractivity contribution >= 4 is 22.3 Å². The number of hydrogen-bond acceptors (Lipinski definition) is 6. The zero-order valence-electron chi connectivity index (χ0n) is 11.6. The molecule has 22 heavy (non-hydrogen) atoms. The van der Waals surface area contributed by atoms with Gasteiger partial charge in [-0.15, -0.1) is 5.11 Å². The van der Waals surface area contributed by atoms with Crippen LogP contribution in [-0.2, 0) is 0 Å². The molecule has 2 N–H and O–H groups in total. The van der Waals surface area contributed by atoms with E-state index in [1.807, 2.05) is 0 Å². The van der Waals surface area contributed by atoms with Crippen molar-refractivity contribution in [2.45, 2.75) is 6.92 Å². The highest BCUT2D eigenvalue weighted by Gasteiger charge is 2.11. The van der Waals surface area contributed by atoms with Gasteiger partial charge in [0.15, 0.2) is 5.69 Å². The number of hydrogen-bond donors (Lipinski definition) is 2. The van der Waals surface area contributed by atoms with Crippen LogP contribution in [0, 0.1) is 6.92 Å². The molecule has 0 aliphatic carbocycles. The maximum absolute atomic E-state index is 12.0.